The van der Waals surface area contributed by atoms with E-state index in [1.807, 2.05) is 6.92 Å². The Hall–Kier alpha value is -0.770. The number of rotatable bonds is 3. The van der Waals surface area contributed by atoms with Crippen LogP contribution in [0.15, 0.2) is 12.1 Å². The number of benzene rings is 1. The van der Waals surface area contributed by atoms with Crippen molar-refractivity contribution in [1.29, 1.82) is 0 Å². The normalized spacial score (nSPS) is 12.6. The molecule has 0 saturated heterocycles. The lowest BCUT2D eigenvalue weighted by Crippen LogP contribution is -2.13. The van der Waals surface area contributed by atoms with Gasteiger partial charge in [0.25, 0.3) is 0 Å². The van der Waals surface area contributed by atoms with Crippen molar-refractivity contribution in [2.75, 3.05) is 13.7 Å². The van der Waals surface area contributed by atoms with E-state index in [4.69, 9.17) is 22.1 Å². The topological polar surface area (TPSA) is 55.5 Å². The largest absolute Gasteiger partial charge is 0.497 e. The molecule has 1 unspecified atom stereocenters. The number of nitrogens with two attached hydrogens (primary N) is 1. The van der Waals surface area contributed by atoms with Gasteiger partial charge >= 0.3 is 0 Å². The average Bonchev–Trinajstić information content (AvgIpc) is 2.20. The Bertz CT molecular complexity index is 328. The van der Waals surface area contributed by atoms with E-state index in [2.05, 4.69) is 0 Å². The minimum atomic E-state index is -0.692. The van der Waals surface area contributed by atoms with E-state index in [9.17, 15) is 5.11 Å². The van der Waals surface area contributed by atoms with Gasteiger partial charge in [0, 0.05) is 11.6 Å². The Labute approximate surface area is 88.4 Å². The Kier molecular flexibility index (Phi) is 3.75. The molecule has 3 nitrogen and oxygen atoms in total. The Morgan fingerprint density at radius 1 is 1.57 bits per heavy atom. The number of halogens is 1. The van der Waals surface area contributed by atoms with E-state index >= 15 is 0 Å². The van der Waals surface area contributed by atoms with Gasteiger partial charge in [-0.15, -0.1) is 0 Å². The molecule has 1 aromatic rings. The number of aliphatic hydroxyl groups is 1. The van der Waals surface area contributed by atoms with Gasteiger partial charge in [-0.1, -0.05) is 11.6 Å². The van der Waals surface area contributed by atoms with Crippen LogP contribution in [0.5, 0.6) is 5.75 Å². The number of ether oxygens (including phenoxy) is 1. The molecule has 0 aliphatic rings. The van der Waals surface area contributed by atoms with Crippen molar-refractivity contribution in [1.82, 2.24) is 0 Å². The maximum Gasteiger partial charge on any atom is 0.120 e. The van der Waals surface area contributed by atoms with Gasteiger partial charge in [-0.2, -0.15) is 0 Å². The minimum absolute atomic E-state index is 0.171. The SMILES string of the molecule is COc1cc(Cl)c(C)c(C(O)CN)c1. The van der Waals surface area contributed by atoms with Crippen LogP contribution in [0, 0.1) is 6.92 Å². The predicted molar refractivity (Wildman–Crippen MR) is 56.8 cm³/mol. The summed E-state index contributed by atoms with van der Waals surface area (Å²) in [5, 5.41) is 10.2. The van der Waals surface area contributed by atoms with Gasteiger partial charge in [0.1, 0.15) is 5.75 Å². The summed E-state index contributed by atoms with van der Waals surface area (Å²) >= 11 is 5.97. The van der Waals surface area contributed by atoms with Gasteiger partial charge in [0.05, 0.1) is 13.2 Å². The van der Waals surface area contributed by atoms with Crippen LogP contribution in [0.4, 0.5) is 0 Å². The summed E-state index contributed by atoms with van der Waals surface area (Å²) in [5.74, 6) is 0.628. The predicted octanol–water partition coefficient (Wildman–Crippen LogP) is 1.65. The summed E-state index contributed by atoms with van der Waals surface area (Å²) in [6.45, 7) is 2.01. The van der Waals surface area contributed by atoms with Crippen molar-refractivity contribution in [3.05, 3.63) is 28.3 Å². The van der Waals surface area contributed by atoms with Crippen LogP contribution < -0.4 is 10.5 Å². The first kappa shape index (κ1) is 11.3. The Morgan fingerprint density at radius 2 is 2.21 bits per heavy atom. The molecule has 0 aliphatic heterocycles. The van der Waals surface area contributed by atoms with Crippen LogP contribution in [-0.2, 0) is 0 Å². The standard InChI is InChI=1S/C10H14ClNO2/c1-6-8(10(13)5-12)3-7(14-2)4-9(6)11/h3-4,10,13H,5,12H2,1-2H3. The molecule has 14 heavy (non-hydrogen) atoms. The van der Waals surface area contributed by atoms with E-state index in [0.717, 1.165) is 11.1 Å². The monoisotopic (exact) mass is 215 g/mol. The Balaban J connectivity index is 3.20. The molecule has 4 heteroatoms. The van der Waals surface area contributed by atoms with Gasteiger partial charge < -0.3 is 15.6 Å². The molecule has 0 spiro atoms. The van der Waals surface area contributed by atoms with E-state index in [-0.39, 0.29) is 6.54 Å². The second-order valence-electron chi connectivity index (χ2n) is 3.07. The number of methoxy groups -OCH3 is 1. The molecule has 78 valence electrons. The van der Waals surface area contributed by atoms with Gasteiger partial charge in [0.2, 0.25) is 0 Å². The van der Waals surface area contributed by atoms with Crippen LogP contribution in [0.1, 0.15) is 17.2 Å². The molecule has 0 fully saturated rings. The van der Waals surface area contributed by atoms with Crippen LogP contribution in [0.2, 0.25) is 5.02 Å². The van der Waals surface area contributed by atoms with Crippen LogP contribution in [0.3, 0.4) is 0 Å². The third-order valence-corrected chi connectivity index (χ3v) is 2.57. The maximum absolute atomic E-state index is 9.62. The summed E-state index contributed by atoms with van der Waals surface area (Å²) < 4.78 is 5.05. The van der Waals surface area contributed by atoms with Crippen LogP contribution in [-0.4, -0.2) is 18.8 Å². The molecular formula is C10H14ClNO2. The summed E-state index contributed by atoms with van der Waals surface area (Å²) in [5.41, 5.74) is 6.94. The molecule has 3 N–H and O–H groups in total. The highest BCUT2D eigenvalue weighted by molar-refractivity contribution is 6.31. The highest BCUT2D eigenvalue weighted by Crippen LogP contribution is 2.29. The lowest BCUT2D eigenvalue weighted by atomic mass is 10.0. The lowest BCUT2D eigenvalue weighted by Gasteiger charge is -2.14. The smallest absolute Gasteiger partial charge is 0.120 e. The first-order chi connectivity index (χ1) is 6.60. The minimum Gasteiger partial charge on any atom is -0.497 e. The van der Waals surface area contributed by atoms with Crippen molar-refractivity contribution in [2.45, 2.75) is 13.0 Å². The lowest BCUT2D eigenvalue weighted by molar-refractivity contribution is 0.185. The van der Waals surface area contributed by atoms with E-state index in [0.29, 0.717) is 10.8 Å². The van der Waals surface area contributed by atoms with Gasteiger partial charge in [0.15, 0.2) is 0 Å². The van der Waals surface area contributed by atoms with Crippen molar-refractivity contribution in [2.24, 2.45) is 5.73 Å². The molecule has 1 rings (SSSR count). The maximum atomic E-state index is 9.62. The highest BCUT2D eigenvalue weighted by Gasteiger charge is 2.12. The quantitative estimate of drug-likeness (QED) is 0.806. The third kappa shape index (κ3) is 2.18. The number of aliphatic hydroxyl groups excluding tert-OH is 1. The first-order valence-corrected chi connectivity index (χ1v) is 4.70. The fraction of sp³-hybridized carbons (Fsp3) is 0.400. The molecular weight excluding hydrogens is 202 g/mol. The molecule has 1 aromatic carbocycles. The van der Waals surface area contributed by atoms with E-state index < -0.39 is 6.10 Å². The van der Waals surface area contributed by atoms with Crippen molar-refractivity contribution < 1.29 is 9.84 Å². The number of hydrogen-bond donors (Lipinski definition) is 2. The average molecular weight is 216 g/mol. The number of hydrogen-bond acceptors (Lipinski definition) is 3. The summed E-state index contributed by atoms with van der Waals surface area (Å²) in [4.78, 5) is 0. The highest BCUT2D eigenvalue weighted by atomic mass is 35.5. The van der Waals surface area contributed by atoms with Crippen LogP contribution >= 0.6 is 11.6 Å². The molecule has 1 atom stereocenters. The summed E-state index contributed by atoms with van der Waals surface area (Å²) in [6.07, 6.45) is -0.692. The zero-order valence-electron chi connectivity index (χ0n) is 8.25. The molecule has 0 bridgehead atoms. The summed E-state index contributed by atoms with van der Waals surface area (Å²) in [7, 11) is 1.56. The molecule has 0 aromatic heterocycles. The molecule has 0 saturated carbocycles. The Morgan fingerprint density at radius 3 is 2.71 bits per heavy atom. The van der Waals surface area contributed by atoms with E-state index in [1.165, 1.54) is 0 Å². The second kappa shape index (κ2) is 4.64. The first-order valence-electron chi connectivity index (χ1n) is 4.32. The molecule has 0 aliphatic carbocycles. The fourth-order valence-corrected chi connectivity index (χ4v) is 1.48. The van der Waals surface area contributed by atoms with E-state index in [1.54, 1.807) is 19.2 Å². The van der Waals surface area contributed by atoms with Gasteiger partial charge in [-0.25, -0.2) is 0 Å². The fourth-order valence-electron chi connectivity index (χ4n) is 1.27. The summed E-state index contributed by atoms with van der Waals surface area (Å²) in [6, 6.07) is 3.46. The van der Waals surface area contributed by atoms with Crippen LogP contribution in [0.25, 0.3) is 0 Å². The molecule has 0 heterocycles. The second-order valence-corrected chi connectivity index (χ2v) is 3.48. The van der Waals surface area contributed by atoms with Crippen molar-refractivity contribution in [3.8, 4) is 5.75 Å². The zero-order valence-corrected chi connectivity index (χ0v) is 9.01. The van der Waals surface area contributed by atoms with Gasteiger partial charge in [-0.3, -0.25) is 0 Å². The third-order valence-electron chi connectivity index (χ3n) is 2.18. The zero-order chi connectivity index (χ0) is 10.7. The van der Waals surface area contributed by atoms with Gasteiger partial charge in [-0.05, 0) is 30.2 Å². The molecule has 0 amide bonds. The van der Waals surface area contributed by atoms with Crippen molar-refractivity contribution in [3.63, 3.8) is 0 Å². The van der Waals surface area contributed by atoms with Crippen molar-refractivity contribution >= 4 is 11.6 Å². The molecule has 0 radical (unpaired) electrons.